The molecule has 0 spiro atoms. The van der Waals surface area contributed by atoms with Crippen molar-refractivity contribution in [3.8, 4) is 0 Å². The molecule has 0 radical (unpaired) electrons. The Bertz CT molecular complexity index is 561. The smallest absolute Gasteiger partial charge is 0.274 e. The molecule has 0 bridgehead atoms. The number of hydrogen-bond donors (Lipinski definition) is 1. The molecule has 0 aromatic heterocycles. The van der Waals surface area contributed by atoms with Crippen LogP contribution < -0.4 is 5.32 Å². The van der Waals surface area contributed by atoms with E-state index in [0.29, 0.717) is 4.47 Å². The molecular formula is C10H6Br2N2O4. The molecule has 1 heterocycles. The molecular weight excluding hydrogens is 372 g/mol. The van der Waals surface area contributed by atoms with Gasteiger partial charge in [-0.25, -0.2) is 0 Å². The largest absolute Gasteiger partial charge is 0.295 e. The molecule has 18 heavy (non-hydrogen) atoms. The summed E-state index contributed by atoms with van der Waals surface area (Å²) in [5, 5.41) is 13.1. The molecule has 1 aliphatic heterocycles. The molecule has 1 N–H and O–H groups in total. The third kappa shape index (κ3) is 2.17. The number of nitrogens with one attached hydrogen (secondary N) is 1. The lowest BCUT2D eigenvalue weighted by atomic mass is 9.96. The number of halogens is 2. The Kier molecular flexibility index (Phi) is 3.49. The third-order valence-electron chi connectivity index (χ3n) is 2.60. The minimum atomic E-state index is -0.883. The first kappa shape index (κ1) is 13.2. The first-order chi connectivity index (χ1) is 8.41. The first-order valence-electron chi connectivity index (χ1n) is 4.84. The molecule has 0 aliphatic carbocycles. The van der Waals surface area contributed by atoms with Crippen molar-refractivity contribution in [3.63, 3.8) is 0 Å². The van der Waals surface area contributed by atoms with Crippen LogP contribution in [0.3, 0.4) is 0 Å². The van der Waals surface area contributed by atoms with Gasteiger partial charge in [0.2, 0.25) is 11.8 Å². The van der Waals surface area contributed by atoms with Crippen LogP contribution in [-0.4, -0.2) is 21.6 Å². The summed E-state index contributed by atoms with van der Waals surface area (Å²) in [6, 6.07) is 4.38. The quantitative estimate of drug-likeness (QED) is 0.368. The molecule has 8 heteroatoms. The van der Waals surface area contributed by atoms with E-state index in [9.17, 15) is 19.7 Å². The van der Waals surface area contributed by atoms with Crippen molar-refractivity contribution in [2.24, 2.45) is 0 Å². The average molecular weight is 378 g/mol. The summed E-state index contributed by atoms with van der Waals surface area (Å²) in [6.07, 6.45) is 0. The highest BCUT2D eigenvalue weighted by Gasteiger charge is 2.43. The van der Waals surface area contributed by atoms with Crippen LogP contribution in [0.15, 0.2) is 22.7 Å². The number of nitro benzene ring substituents is 1. The van der Waals surface area contributed by atoms with Crippen molar-refractivity contribution in [2.75, 3.05) is 0 Å². The highest BCUT2D eigenvalue weighted by molar-refractivity contribution is 9.10. The van der Waals surface area contributed by atoms with E-state index in [1.54, 1.807) is 6.07 Å². The third-order valence-corrected chi connectivity index (χ3v) is 4.03. The van der Waals surface area contributed by atoms with Crippen LogP contribution in [0.4, 0.5) is 5.69 Å². The van der Waals surface area contributed by atoms with E-state index < -0.39 is 27.5 Å². The molecule has 1 aliphatic rings. The number of carbonyl (C=O) groups excluding carboxylic acids is 2. The van der Waals surface area contributed by atoms with Gasteiger partial charge in [-0.05, 0) is 6.07 Å². The Labute approximate surface area is 118 Å². The number of carbonyl (C=O) groups is 2. The second-order valence-electron chi connectivity index (χ2n) is 3.69. The number of nitro groups is 1. The van der Waals surface area contributed by atoms with E-state index in [2.05, 4.69) is 37.2 Å². The van der Waals surface area contributed by atoms with Crippen molar-refractivity contribution in [1.29, 1.82) is 0 Å². The molecule has 2 amide bonds. The topological polar surface area (TPSA) is 89.3 Å². The molecule has 1 aromatic rings. The predicted octanol–water partition coefficient (Wildman–Crippen LogP) is 1.86. The van der Waals surface area contributed by atoms with Crippen LogP contribution >= 0.6 is 31.9 Å². The monoisotopic (exact) mass is 376 g/mol. The normalized spacial score (nSPS) is 23.0. The van der Waals surface area contributed by atoms with Crippen LogP contribution in [0.5, 0.6) is 0 Å². The lowest BCUT2D eigenvalue weighted by Gasteiger charge is -2.10. The zero-order valence-electron chi connectivity index (χ0n) is 8.72. The van der Waals surface area contributed by atoms with Crippen molar-refractivity contribution >= 4 is 49.4 Å². The van der Waals surface area contributed by atoms with Gasteiger partial charge in [-0.3, -0.25) is 25.0 Å². The Morgan fingerprint density at radius 1 is 1.28 bits per heavy atom. The average Bonchev–Trinajstić information content (AvgIpc) is 2.54. The number of nitrogens with zero attached hydrogens (tertiary/aromatic N) is 1. The van der Waals surface area contributed by atoms with Gasteiger partial charge in [-0.1, -0.05) is 37.9 Å². The van der Waals surface area contributed by atoms with Gasteiger partial charge in [0.15, 0.2) is 0 Å². The first-order valence-corrected chi connectivity index (χ1v) is 6.55. The van der Waals surface area contributed by atoms with Gasteiger partial charge in [0, 0.05) is 16.1 Å². The zero-order chi connectivity index (χ0) is 13.4. The lowest BCUT2D eigenvalue weighted by Crippen LogP contribution is -2.22. The van der Waals surface area contributed by atoms with Gasteiger partial charge in [0.25, 0.3) is 5.69 Å². The Hall–Kier alpha value is -1.28. The molecule has 2 rings (SSSR count). The van der Waals surface area contributed by atoms with Gasteiger partial charge in [0.1, 0.15) is 4.83 Å². The molecule has 1 saturated heterocycles. The number of hydrogen-bond acceptors (Lipinski definition) is 4. The summed E-state index contributed by atoms with van der Waals surface area (Å²) in [6.45, 7) is 0. The predicted molar refractivity (Wildman–Crippen MR) is 69.4 cm³/mol. The number of imide groups is 1. The molecule has 1 fully saturated rings. The number of amides is 2. The summed E-state index contributed by atoms with van der Waals surface area (Å²) >= 11 is 6.21. The fourth-order valence-corrected chi connectivity index (χ4v) is 2.78. The summed E-state index contributed by atoms with van der Waals surface area (Å²) in [5.74, 6) is -1.90. The SMILES string of the molecule is O=C1NC(=O)C(c2ccc(Br)cc2[N+](=O)[O-])C1Br. The second kappa shape index (κ2) is 4.77. The zero-order valence-corrected chi connectivity index (χ0v) is 11.9. The number of rotatable bonds is 2. The highest BCUT2D eigenvalue weighted by Crippen LogP contribution is 2.36. The van der Waals surface area contributed by atoms with E-state index in [-0.39, 0.29) is 11.3 Å². The Balaban J connectivity index is 2.54. The fourth-order valence-electron chi connectivity index (χ4n) is 1.79. The van der Waals surface area contributed by atoms with Gasteiger partial charge in [-0.15, -0.1) is 0 Å². The Morgan fingerprint density at radius 2 is 1.94 bits per heavy atom. The molecule has 94 valence electrons. The fraction of sp³-hybridized carbons (Fsp3) is 0.200. The molecule has 0 saturated carbocycles. The summed E-state index contributed by atoms with van der Waals surface area (Å²) in [4.78, 5) is 32.6. The van der Waals surface area contributed by atoms with E-state index in [0.717, 1.165) is 0 Å². The molecule has 1 aromatic carbocycles. The molecule has 2 unspecified atom stereocenters. The Morgan fingerprint density at radius 3 is 2.44 bits per heavy atom. The second-order valence-corrected chi connectivity index (χ2v) is 5.60. The maximum absolute atomic E-state index is 11.7. The van der Waals surface area contributed by atoms with E-state index in [1.165, 1.54) is 12.1 Å². The summed E-state index contributed by atoms with van der Waals surface area (Å²) < 4.78 is 0.536. The molecule has 6 nitrogen and oxygen atoms in total. The van der Waals surface area contributed by atoms with Crippen molar-refractivity contribution in [3.05, 3.63) is 38.3 Å². The minimum absolute atomic E-state index is 0.191. The highest BCUT2D eigenvalue weighted by atomic mass is 79.9. The minimum Gasteiger partial charge on any atom is -0.295 e. The number of benzene rings is 1. The summed E-state index contributed by atoms with van der Waals surface area (Å²) in [5.41, 5.74) is 0.0251. The van der Waals surface area contributed by atoms with Gasteiger partial charge < -0.3 is 0 Å². The summed E-state index contributed by atoms with van der Waals surface area (Å²) in [7, 11) is 0. The van der Waals surface area contributed by atoms with Gasteiger partial charge in [-0.2, -0.15) is 0 Å². The van der Waals surface area contributed by atoms with Crippen molar-refractivity contribution < 1.29 is 14.5 Å². The maximum Gasteiger partial charge on any atom is 0.274 e. The van der Waals surface area contributed by atoms with Crippen LogP contribution in [-0.2, 0) is 9.59 Å². The van der Waals surface area contributed by atoms with Crippen LogP contribution in [0, 0.1) is 10.1 Å². The maximum atomic E-state index is 11.7. The standard InChI is InChI=1S/C10H6Br2N2O4/c11-4-1-2-5(6(3-4)14(17)18)7-8(12)10(16)13-9(7)15/h1-3,7-8H,(H,13,15,16). The van der Waals surface area contributed by atoms with E-state index in [1.807, 2.05) is 0 Å². The van der Waals surface area contributed by atoms with Crippen molar-refractivity contribution in [1.82, 2.24) is 5.32 Å². The lowest BCUT2D eigenvalue weighted by molar-refractivity contribution is -0.385. The van der Waals surface area contributed by atoms with Crippen molar-refractivity contribution in [2.45, 2.75) is 10.7 Å². The number of alkyl halides is 1. The van der Waals surface area contributed by atoms with Crippen LogP contribution in [0.2, 0.25) is 0 Å². The van der Waals surface area contributed by atoms with Crippen LogP contribution in [0.1, 0.15) is 11.5 Å². The van der Waals surface area contributed by atoms with Crippen LogP contribution in [0.25, 0.3) is 0 Å². The van der Waals surface area contributed by atoms with Gasteiger partial charge in [0.05, 0.1) is 10.8 Å². The van der Waals surface area contributed by atoms with E-state index in [4.69, 9.17) is 0 Å². The van der Waals surface area contributed by atoms with E-state index >= 15 is 0 Å². The van der Waals surface area contributed by atoms with Gasteiger partial charge >= 0.3 is 0 Å². The molecule has 2 atom stereocenters.